The van der Waals surface area contributed by atoms with Gasteiger partial charge in [-0.2, -0.15) is 18.3 Å². The van der Waals surface area contributed by atoms with E-state index in [1.54, 1.807) is 0 Å². The molecule has 1 atom stereocenters. The summed E-state index contributed by atoms with van der Waals surface area (Å²) in [6.45, 7) is 5.86. The Morgan fingerprint density at radius 1 is 1.22 bits per heavy atom. The van der Waals surface area contributed by atoms with Crippen LogP contribution in [0.3, 0.4) is 0 Å². The summed E-state index contributed by atoms with van der Waals surface area (Å²) in [5, 5.41) is 6.05. The van der Waals surface area contributed by atoms with Gasteiger partial charge in [0.25, 0.3) is 5.91 Å². The minimum Gasteiger partial charge on any atom is -0.350 e. The van der Waals surface area contributed by atoms with E-state index in [2.05, 4.69) is 15.3 Å². The molecule has 1 aromatic carbocycles. The van der Waals surface area contributed by atoms with Crippen molar-refractivity contribution in [1.29, 1.82) is 0 Å². The molecule has 2 rings (SSSR count). The standard InChI is InChI=1S/C19H25F3N4O/c1-4-26(5-2)15(11-14-9-7-6-8-10-14)12-23-18(27)16-13-25(3)24-17(16)19(20,21)22/h6-10,13,15H,4-5,11-12H2,1-3H3,(H,23,27). The predicted octanol–water partition coefficient (Wildman–Crippen LogP) is 3.12. The lowest BCUT2D eigenvalue weighted by atomic mass is 10.0. The SMILES string of the molecule is CCN(CC)C(CNC(=O)c1cn(C)nc1C(F)(F)F)Cc1ccccc1. The molecular formula is C19H25F3N4O. The number of aromatic nitrogens is 2. The van der Waals surface area contributed by atoms with Gasteiger partial charge in [0, 0.05) is 25.8 Å². The third-order valence-corrected chi connectivity index (χ3v) is 4.48. The van der Waals surface area contributed by atoms with Crippen LogP contribution in [0.25, 0.3) is 0 Å². The van der Waals surface area contributed by atoms with Crippen LogP contribution in [-0.4, -0.2) is 46.3 Å². The van der Waals surface area contributed by atoms with Gasteiger partial charge >= 0.3 is 6.18 Å². The maximum atomic E-state index is 13.1. The summed E-state index contributed by atoms with van der Waals surface area (Å²) in [5.41, 5.74) is -0.506. The molecule has 0 bridgehead atoms. The Hall–Kier alpha value is -2.35. The van der Waals surface area contributed by atoms with E-state index in [0.29, 0.717) is 6.42 Å². The van der Waals surface area contributed by atoms with E-state index in [0.717, 1.165) is 29.5 Å². The Morgan fingerprint density at radius 2 is 1.85 bits per heavy atom. The summed E-state index contributed by atoms with van der Waals surface area (Å²) >= 11 is 0. The molecule has 0 saturated heterocycles. The summed E-state index contributed by atoms with van der Waals surface area (Å²) in [6, 6.07) is 9.80. The first kappa shape index (κ1) is 21.0. The van der Waals surface area contributed by atoms with Crippen molar-refractivity contribution in [2.24, 2.45) is 7.05 Å². The molecule has 0 fully saturated rings. The average Bonchev–Trinajstić information content (AvgIpc) is 3.03. The number of carbonyl (C=O) groups is 1. The lowest BCUT2D eigenvalue weighted by molar-refractivity contribution is -0.141. The van der Waals surface area contributed by atoms with Crippen molar-refractivity contribution in [2.75, 3.05) is 19.6 Å². The molecule has 0 saturated carbocycles. The van der Waals surface area contributed by atoms with Crippen LogP contribution in [0.4, 0.5) is 13.2 Å². The van der Waals surface area contributed by atoms with Gasteiger partial charge in [-0.3, -0.25) is 14.4 Å². The molecule has 27 heavy (non-hydrogen) atoms. The van der Waals surface area contributed by atoms with Gasteiger partial charge in [-0.1, -0.05) is 44.2 Å². The van der Waals surface area contributed by atoms with Crippen LogP contribution in [0.1, 0.15) is 35.5 Å². The van der Waals surface area contributed by atoms with E-state index in [4.69, 9.17) is 0 Å². The average molecular weight is 382 g/mol. The molecule has 0 aliphatic carbocycles. The minimum absolute atomic E-state index is 0.0163. The maximum absolute atomic E-state index is 13.1. The first-order valence-corrected chi connectivity index (χ1v) is 8.93. The van der Waals surface area contributed by atoms with Gasteiger partial charge < -0.3 is 5.32 Å². The Kier molecular flexibility index (Phi) is 7.01. The molecule has 1 amide bonds. The highest BCUT2D eigenvalue weighted by atomic mass is 19.4. The zero-order valence-electron chi connectivity index (χ0n) is 15.8. The Bertz CT molecular complexity index is 739. The topological polar surface area (TPSA) is 50.2 Å². The van der Waals surface area contributed by atoms with Crippen LogP contribution in [0.15, 0.2) is 36.5 Å². The smallest absolute Gasteiger partial charge is 0.350 e. The van der Waals surface area contributed by atoms with Crippen LogP contribution >= 0.6 is 0 Å². The van der Waals surface area contributed by atoms with Crippen molar-refractivity contribution in [3.05, 3.63) is 53.3 Å². The summed E-state index contributed by atoms with van der Waals surface area (Å²) in [5.74, 6) is -0.763. The van der Waals surface area contributed by atoms with E-state index in [1.165, 1.54) is 7.05 Å². The maximum Gasteiger partial charge on any atom is 0.435 e. The van der Waals surface area contributed by atoms with E-state index in [-0.39, 0.29) is 12.6 Å². The third kappa shape index (κ3) is 5.56. The fraction of sp³-hybridized carbons (Fsp3) is 0.474. The zero-order valence-corrected chi connectivity index (χ0v) is 15.8. The van der Waals surface area contributed by atoms with Crippen molar-refractivity contribution in [3.8, 4) is 0 Å². The molecule has 0 radical (unpaired) electrons. The number of carbonyl (C=O) groups excluding carboxylic acids is 1. The number of amides is 1. The fourth-order valence-corrected chi connectivity index (χ4v) is 3.13. The number of aryl methyl sites for hydroxylation is 1. The lowest BCUT2D eigenvalue weighted by Crippen LogP contribution is -2.45. The molecular weight excluding hydrogens is 357 g/mol. The first-order chi connectivity index (χ1) is 12.8. The number of likely N-dealkylation sites (N-methyl/N-ethyl adjacent to an activating group) is 1. The molecule has 0 aliphatic rings. The number of rotatable bonds is 8. The molecule has 1 heterocycles. The molecule has 1 aromatic heterocycles. The van der Waals surface area contributed by atoms with Crippen LogP contribution in [0.2, 0.25) is 0 Å². The Balaban J connectivity index is 2.13. The number of hydrogen-bond donors (Lipinski definition) is 1. The van der Waals surface area contributed by atoms with Crippen molar-refractivity contribution >= 4 is 5.91 Å². The quantitative estimate of drug-likeness (QED) is 0.763. The predicted molar refractivity (Wildman–Crippen MR) is 97.4 cm³/mol. The van der Waals surface area contributed by atoms with Crippen molar-refractivity contribution in [1.82, 2.24) is 20.0 Å². The highest BCUT2D eigenvalue weighted by Crippen LogP contribution is 2.30. The summed E-state index contributed by atoms with van der Waals surface area (Å²) in [7, 11) is 1.36. The van der Waals surface area contributed by atoms with E-state index in [1.807, 2.05) is 44.2 Å². The van der Waals surface area contributed by atoms with Crippen molar-refractivity contribution in [2.45, 2.75) is 32.5 Å². The number of benzene rings is 1. The van der Waals surface area contributed by atoms with Gasteiger partial charge in [-0.05, 0) is 25.1 Å². The normalized spacial score (nSPS) is 13.0. The number of alkyl halides is 3. The highest BCUT2D eigenvalue weighted by molar-refractivity contribution is 5.95. The molecule has 0 aliphatic heterocycles. The van der Waals surface area contributed by atoms with Gasteiger partial charge in [-0.25, -0.2) is 0 Å². The Labute approximate surface area is 157 Å². The van der Waals surface area contributed by atoms with Crippen molar-refractivity contribution < 1.29 is 18.0 Å². The lowest BCUT2D eigenvalue weighted by Gasteiger charge is -2.30. The molecule has 0 spiro atoms. The zero-order chi connectivity index (χ0) is 20.0. The van der Waals surface area contributed by atoms with Gasteiger partial charge in [0.2, 0.25) is 0 Å². The highest BCUT2D eigenvalue weighted by Gasteiger charge is 2.39. The minimum atomic E-state index is -4.67. The molecule has 1 N–H and O–H groups in total. The van der Waals surface area contributed by atoms with E-state index in [9.17, 15) is 18.0 Å². The molecule has 5 nitrogen and oxygen atoms in total. The van der Waals surface area contributed by atoms with Crippen molar-refractivity contribution in [3.63, 3.8) is 0 Å². The van der Waals surface area contributed by atoms with Crippen LogP contribution in [-0.2, 0) is 19.6 Å². The summed E-state index contributed by atoms with van der Waals surface area (Å²) in [4.78, 5) is 14.6. The number of nitrogens with one attached hydrogen (secondary N) is 1. The second-order valence-corrected chi connectivity index (χ2v) is 6.34. The van der Waals surface area contributed by atoms with Crippen LogP contribution in [0, 0.1) is 0 Å². The molecule has 2 aromatic rings. The van der Waals surface area contributed by atoms with Gasteiger partial charge in [0.05, 0.1) is 5.56 Å². The third-order valence-electron chi connectivity index (χ3n) is 4.48. The second-order valence-electron chi connectivity index (χ2n) is 6.34. The number of hydrogen-bond acceptors (Lipinski definition) is 3. The second kappa shape index (κ2) is 9.03. The molecule has 148 valence electrons. The number of halogens is 3. The van der Waals surface area contributed by atoms with Crippen LogP contribution in [0.5, 0.6) is 0 Å². The fourth-order valence-electron chi connectivity index (χ4n) is 3.13. The van der Waals surface area contributed by atoms with E-state index >= 15 is 0 Å². The number of nitrogens with zero attached hydrogens (tertiary/aromatic N) is 3. The molecule has 1 unspecified atom stereocenters. The van der Waals surface area contributed by atoms with Gasteiger partial charge in [0.15, 0.2) is 5.69 Å². The molecule has 8 heteroatoms. The van der Waals surface area contributed by atoms with Crippen LogP contribution < -0.4 is 5.32 Å². The van der Waals surface area contributed by atoms with Gasteiger partial charge in [0.1, 0.15) is 0 Å². The summed E-state index contributed by atoms with van der Waals surface area (Å²) < 4.78 is 40.2. The van der Waals surface area contributed by atoms with E-state index < -0.39 is 23.3 Å². The first-order valence-electron chi connectivity index (χ1n) is 8.93. The summed E-state index contributed by atoms with van der Waals surface area (Å²) in [6.07, 6.45) is -2.88. The Morgan fingerprint density at radius 3 is 2.41 bits per heavy atom. The largest absolute Gasteiger partial charge is 0.435 e. The monoisotopic (exact) mass is 382 g/mol. The van der Waals surface area contributed by atoms with Gasteiger partial charge in [-0.15, -0.1) is 0 Å².